The highest BCUT2D eigenvalue weighted by Crippen LogP contribution is 2.39. The van der Waals surface area contributed by atoms with E-state index in [0.29, 0.717) is 24.8 Å². The van der Waals surface area contributed by atoms with Crippen LogP contribution in [-0.2, 0) is 6.18 Å². The molecule has 0 spiro atoms. The molecule has 1 saturated carbocycles. The van der Waals surface area contributed by atoms with Crippen LogP contribution in [0.15, 0.2) is 30.5 Å². The third-order valence-electron chi connectivity index (χ3n) is 5.56. The van der Waals surface area contributed by atoms with Crippen molar-refractivity contribution < 1.29 is 13.2 Å². The summed E-state index contributed by atoms with van der Waals surface area (Å²) in [5.41, 5.74) is 1.13. The van der Waals surface area contributed by atoms with Crippen molar-refractivity contribution in [1.29, 1.82) is 0 Å². The fraction of sp³-hybridized carbons (Fsp3) is 0.474. The molecule has 0 unspecified atom stereocenters. The third-order valence-corrected chi connectivity index (χ3v) is 5.56. The van der Waals surface area contributed by atoms with E-state index in [1.165, 1.54) is 18.9 Å². The van der Waals surface area contributed by atoms with Gasteiger partial charge in [-0.15, -0.1) is 10.2 Å². The van der Waals surface area contributed by atoms with Gasteiger partial charge in [-0.2, -0.15) is 22.8 Å². The topological polar surface area (TPSA) is 59.2 Å². The van der Waals surface area contributed by atoms with E-state index in [9.17, 15) is 13.2 Å². The molecule has 2 fully saturated rings. The molecule has 0 amide bonds. The van der Waals surface area contributed by atoms with Crippen molar-refractivity contribution in [1.82, 2.24) is 24.8 Å². The van der Waals surface area contributed by atoms with Gasteiger partial charge in [-0.25, -0.2) is 4.98 Å². The second-order valence-corrected chi connectivity index (χ2v) is 7.52. The number of hydrogen-bond donors (Lipinski definition) is 0. The van der Waals surface area contributed by atoms with Crippen molar-refractivity contribution in [2.24, 2.45) is 0 Å². The molecule has 2 aliphatic rings. The van der Waals surface area contributed by atoms with Crippen LogP contribution >= 0.6 is 0 Å². The number of halogens is 3. The Kier molecular flexibility index (Phi) is 3.99. The first kappa shape index (κ1) is 17.4. The maximum atomic E-state index is 12.7. The number of fused-ring (bicyclic) bond motifs is 1. The van der Waals surface area contributed by atoms with Gasteiger partial charge in [0.1, 0.15) is 5.82 Å². The summed E-state index contributed by atoms with van der Waals surface area (Å²) in [6.07, 6.45) is 0.580. The van der Waals surface area contributed by atoms with Crippen LogP contribution in [0.1, 0.15) is 54.6 Å². The summed E-state index contributed by atoms with van der Waals surface area (Å²) in [5, 5.41) is 13.4. The zero-order chi connectivity index (χ0) is 19.3. The van der Waals surface area contributed by atoms with Crippen molar-refractivity contribution in [3.8, 4) is 0 Å². The number of anilines is 1. The minimum atomic E-state index is -4.36. The van der Waals surface area contributed by atoms with Gasteiger partial charge in [0, 0.05) is 31.1 Å². The van der Waals surface area contributed by atoms with Crippen LogP contribution in [0.25, 0.3) is 5.65 Å². The Hall–Kier alpha value is -2.71. The van der Waals surface area contributed by atoms with Gasteiger partial charge in [-0.05, 0) is 49.9 Å². The van der Waals surface area contributed by atoms with E-state index < -0.39 is 11.7 Å². The summed E-state index contributed by atoms with van der Waals surface area (Å²) in [5.74, 6) is 2.24. The molecule has 146 valence electrons. The Morgan fingerprint density at radius 3 is 2.32 bits per heavy atom. The third kappa shape index (κ3) is 3.18. The van der Waals surface area contributed by atoms with Crippen LogP contribution in [0.3, 0.4) is 0 Å². The van der Waals surface area contributed by atoms with E-state index in [4.69, 9.17) is 5.10 Å². The van der Waals surface area contributed by atoms with Crippen molar-refractivity contribution >= 4 is 11.5 Å². The lowest BCUT2D eigenvalue weighted by atomic mass is 9.96. The number of piperidine rings is 1. The standard InChI is InChI=1S/C19H19F3N6/c20-19(21,22)14-3-5-16(23-11-14)27-9-7-13(8-10-27)18-25-24-17-6-4-15(12-1-2-12)26-28(17)18/h3-6,11-13H,1-2,7-10H2. The van der Waals surface area contributed by atoms with Crippen LogP contribution in [0.4, 0.5) is 19.0 Å². The summed E-state index contributed by atoms with van der Waals surface area (Å²) < 4.78 is 40.0. The molecule has 4 heterocycles. The molecule has 6 nitrogen and oxygen atoms in total. The Labute approximate surface area is 159 Å². The van der Waals surface area contributed by atoms with Crippen LogP contribution in [0.2, 0.25) is 0 Å². The van der Waals surface area contributed by atoms with Gasteiger partial charge in [0.05, 0.1) is 11.3 Å². The lowest BCUT2D eigenvalue weighted by Gasteiger charge is -2.32. The van der Waals surface area contributed by atoms with Gasteiger partial charge < -0.3 is 4.90 Å². The molecule has 1 aliphatic heterocycles. The van der Waals surface area contributed by atoms with Gasteiger partial charge in [0.15, 0.2) is 11.5 Å². The summed E-state index contributed by atoms with van der Waals surface area (Å²) >= 11 is 0. The van der Waals surface area contributed by atoms with E-state index in [1.807, 2.05) is 21.5 Å². The predicted molar refractivity (Wildman–Crippen MR) is 96.2 cm³/mol. The SMILES string of the molecule is FC(F)(F)c1ccc(N2CCC(c3nnc4ccc(C5CC5)nn34)CC2)nc1. The number of pyridine rings is 1. The molecule has 0 atom stereocenters. The van der Waals surface area contributed by atoms with Gasteiger partial charge in [0.25, 0.3) is 0 Å². The average Bonchev–Trinajstić information content (AvgIpc) is 3.47. The summed E-state index contributed by atoms with van der Waals surface area (Å²) in [6.45, 7) is 1.42. The maximum Gasteiger partial charge on any atom is 0.417 e. The molecule has 1 saturated heterocycles. The van der Waals surface area contributed by atoms with Gasteiger partial charge in [-0.3, -0.25) is 0 Å². The zero-order valence-electron chi connectivity index (χ0n) is 15.1. The average molecular weight is 388 g/mol. The number of alkyl halides is 3. The van der Waals surface area contributed by atoms with E-state index in [1.54, 1.807) is 0 Å². The first-order valence-corrected chi connectivity index (χ1v) is 9.49. The molecule has 0 radical (unpaired) electrons. The number of nitrogens with zero attached hydrogens (tertiary/aromatic N) is 6. The molecule has 3 aromatic heterocycles. The molecular formula is C19H19F3N6. The van der Waals surface area contributed by atoms with Crippen LogP contribution in [0.5, 0.6) is 0 Å². The Morgan fingerprint density at radius 2 is 1.68 bits per heavy atom. The molecule has 0 N–H and O–H groups in total. The quantitative estimate of drug-likeness (QED) is 0.683. The van der Waals surface area contributed by atoms with Crippen molar-refractivity contribution in [3.63, 3.8) is 0 Å². The second kappa shape index (κ2) is 6.42. The minimum Gasteiger partial charge on any atom is -0.357 e. The van der Waals surface area contributed by atoms with Crippen LogP contribution in [0, 0.1) is 0 Å². The highest BCUT2D eigenvalue weighted by atomic mass is 19.4. The highest BCUT2D eigenvalue weighted by molar-refractivity contribution is 5.41. The van der Waals surface area contributed by atoms with E-state index in [2.05, 4.69) is 15.2 Å². The number of rotatable bonds is 3. The lowest BCUT2D eigenvalue weighted by Crippen LogP contribution is -2.34. The summed E-state index contributed by atoms with van der Waals surface area (Å²) in [4.78, 5) is 6.02. The first-order valence-electron chi connectivity index (χ1n) is 9.49. The van der Waals surface area contributed by atoms with Crippen molar-refractivity contribution in [2.45, 2.75) is 43.7 Å². The Balaban J connectivity index is 1.31. The number of hydrogen-bond acceptors (Lipinski definition) is 5. The predicted octanol–water partition coefficient (Wildman–Crippen LogP) is 3.80. The fourth-order valence-corrected chi connectivity index (χ4v) is 3.78. The number of aromatic nitrogens is 5. The normalized spacial score (nSPS) is 18.8. The van der Waals surface area contributed by atoms with E-state index in [0.717, 1.165) is 42.3 Å². The van der Waals surface area contributed by atoms with Crippen molar-refractivity contribution in [2.75, 3.05) is 18.0 Å². The van der Waals surface area contributed by atoms with Crippen molar-refractivity contribution in [3.05, 3.63) is 47.5 Å². The zero-order valence-corrected chi connectivity index (χ0v) is 15.1. The Morgan fingerprint density at radius 1 is 0.893 bits per heavy atom. The molecule has 0 bridgehead atoms. The molecule has 0 aromatic carbocycles. The molecule has 3 aromatic rings. The van der Waals surface area contributed by atoms with E-state index >= 15 is 0 Å². The first-order chi connectivity index (χ1) is 13.5. The molecular weight excluding hydrogens is 369 g/mol. The largest absolute Gasteiger partial charge is 0.417 e. The van der Waals surface area contributed by atoms with Gasteiger partial charge in [0.2, 0.25) is 0 Å². The van der Waals surface area contributed by atoms with Crippen LogP contribution in [-0.4, -0.2) is 37.9 Å². The maximum absolute atomic E-state index is 12.7. The second-order valence-electron chi connectivity index (χ2n) is 7.52. The fourth-order valence-electron chi connectivity index (χ4n) is 3.78. The van der Waals surface area contributed by atoms with Gasteiger partial charge >= 0.3 is 6.18 Å². The Bertz CT molecular complexity index is 985. The van der Waals surface area contributed by atoms with E-state index in [-0.39, 0.29) is 5.92 Å². The summed E-state index contributed by atoms with van der Waals surface area (Å²) in [6, 6.07) is 6.53. The molecule has 9 heteroatoms. The van der Waals surface area contributed by atoms with Crippen LogP contribution < -0.4 is 4.90 Å². The van der Waals surface area contributed by atoms with Gasteiger partial charge in [-0.1, -0.05) is 0 Å². The molecule has 5 rings (SSSR count). The smallest absolute Gasteiger partial charge is 0.357 e. The molecule has 1 aliphatic carbocycles. The molecule has 28 heavy (non-hydrogen) atoms. The minimum absolute atomic E-state index is 0.225. The monoisotopic (exact) mass is 388 g/mol. The lowest BCUT2D eigenvalue weighted by molar-refractivity contribution is -0.137. The summed E-state index contributed by atoms with van der Waals surface area (Å²) in [7, 11) is 0. The highest BCUT2D eigenvalue weighted by Gasteiger charge is 2.32.